The Morgan fingerprint density at radius 1 is 1.00 bits per heavy atom. The molecule has 1 saturated heterocycles. The van der Waals surface area contributed by atoms with Crippen LogP contribution in [0.15, 0.2) is 0 Å². The monoisotopic (exact) mass is 248 g/mol. The van der Waals surface area contributed by atoms with Gasteiger partial charge in [0.15, 0.2) is 12.4 Å². The predicted molar refractivity (Wildman–Crippen MR) is 58.5 cm³/mol. The highest BCUT2D eigenvalue weighted by atomic mass is 16.7. The quantitative estimate of drug-likeness (QED) is 0.668. The molecule has 1 aliphatic rings. The summed E-state index contributed by atoms with van der Waals surface area (Å²) in [6, 6.07) is 0. The summed E-state index contributed by atoms with van der Waals surface area (Å²) in [5.41, 5.74) is 0. The lowest BCUT2D eigenvalue weighted by molar-refractivity contribution is -0.297. The van der Waals surface area contributed by atoms with Crippen LogP contribution >= 0.6 is 0 Å². The number of esters is 1. The van der Waals surface area contributed by atoms with Crippen molar-refractivity contribution in [2.24, 2.45) is 0 Å². The first kappa shape index (κ1) is 14.4. The SMILES string of the molecule is CO[C@H]1O[C@@H](C)[C@@H](OC)[C@@H](OC(C)=O)[C@@H]1OC. The molecule has 100 valence electrons. The highest BCUT2D eigenvalue weighted by molar-refractivity contribution is 5.66. The Kier molecular flexibility index (Phi) is 5.32. The fourth-order valence-corrected chi connectivity index (χ4v) is 2.06. The topological polar surface area (TPSA) is 63.2 Å². The first-order chi connectivity index (χ1) is 8.04. The zero-order valence-corrected chi connectivity index (χ0v) is 10.8. The van der Waals surface area contributed by atoms with E-state index in [9.17, 15) is 4.79 Å². The first-order valence-corrected chi connectivity index (χ1v) is 5.46. The van der Waals surface area contributed by atoms with E-state index < -0.39 is 18.5 Å². The third-order valence-corrected chi connectivity index (χ3v) is 2.81. The summed E-state index contributed by atoms with van der Waals surface area (Å²) >= 11 is 0. The number of hydrogen-bond acceptors (Lipinski definition) is 6. The second kappa shape index (κ2) is 6.30. The molecule has 0 unspecified atom stereocenters. The summed E-state index contributed by atoms with van der Waals surface area (Å²) in [6.45, 7) is 3.18. The maximum atomic E-state index is 11.1. The molecule has 0 aromatic rings. The van der Waals surface area contributed by atoms with Gasteiger partial charge in [-0.2, -0.15) is 0 Å². The minimum Gasteiger partial charge on any atom is -0.457 e. The molecule has 1 rings (SSSR count). The summed E-state index contributed by atoms with van der Waals surface area (Å²) in [6.07, 6.45) is -2.26. The molecule has 0 aliphatic carbocycles. The maximum absolute atomic E-state index is 11.1. The minimum atomic E-state index is -0.578. The Balaban J connectivity index is 2.89. The minimum absolute atomic E-state index is 0.249. The van der Waals surface area contributed by atoms with Crippen molar-refractivity contribution in [1.82, 2.24) is 0 Å². The van der Waals surface area contributed by atoms with Gasteiger partial charge in [-0.25, -0.2) is 0 Å². The molecule has 1 heterocycles. The molecule has 0 radical (unpaired) electrons. The van der Waals surface area contributed by atoms with Crippen LogP contribution in [-0.2, 0) is 28.5 Å². The van der Waals surface area contributed by atoms with Crippen LogP contribution in [0.4, 0.5) is 0 Å². The van der Waals surface area contributed by atoms with Crippen molar-refractivity contribution in [1.29, 1.82) is 0 Å². The smallest absolute Gasteiger partial charge is 0.303 e. The fraction of sp³-hybridized carbons (Fsp3) is 0.909. The molecule has 0 bridgehead atoms. The van der Waals surface area contributed by atoms with Gasteiger partial charge in [-0.3, -0.25) is 4.79 Å². The Labute approximate surface area is 101 Å². The molecular weight excluding hydrogens is 228 g/mol. The molecule has 1 fully saturated rings. The molecule has 6 nitrogen and oxygen atoms in total. The highest BCUT2D eigenvalue weighted by Crippen LogP contribution is 2.27. The van der Waals surface area contributed by atoms with Gasteiger partial charge in [0, 0.05) is 28.3 Å². The van der Waals surface area contributed by atoms with Crippen molar-refractivity contribution < 1.29 is 28.5 Å². The van der Waals surface area contributed by atoms with Gasteiger partial charge in [0.1, 0.15) is 12.2 Å². The Morgan fingerprint density at radius 3 is 2.00 bits per heavy atom. The van der Waals surface area contributed by atoms with Gasteiger partial charge in [0.2, 0.25) is 0 Å². The van der Waals surface area contributed by atoms with E-state index in [1.54, 1.807) is 7.11 Å². The van der Waals surface area contributed by atoms with Gasteiger partial charge >= 0.3 is 5.97 Å². The normalized spacial score (nSPS) is 37.8. The van der Waals surface area contributed by atoms with E-state index >= 15 is 0 Å². The van der Waals surface area contributed by atoms with E-state index in [2.05, 4.69) is 0 Å². The lowest BCUT2D eigenvalue weighted by Gasteiger charge is -2.43. The largest absolute Gasteiger partial charge is 0.457 e. The van der Waals surface area contributed by atoms with Crippen molar-refractivity contribution in [3.8, 4) is 0 Å². The zero-order valence-electron chi connectivity index (χ0n) is 10.8. The summed E-state index contributed by atoms with van der Waals surface area (Å²) in [5, 5.41) is 0. The number of rotatable bonds is 4. The van der Waals surface area contributed by atoms with Crippen LogP contribution in [0, 0.1) is 0 Å². The van der Waals surface area contributed by atoms with Gasteiger partial charge < -0.3 is 23.7 Å². The highest BCUT2D eigenvalue weighted by Gasteiger charge is 2.47. The maximum Gasteiger partial charge on any atom is 0.303 e. The lowest BCUT2D eigenvalue weighted by atomic mass is 9.99. The van der Waals surface area contributed by atoms with Crippen LogP contribution < -0.4 is 0 Å². The third-order valence-electron chi connectivity index (χ3n) is 2.81. The number of carbonyl (C=O) groups excluding carboxylic acids is 1. The standard InChI is InChI=1S/C11H20O6/c1-6-8(13-3)9(17-7(2)12)10(14-4)11(15-5)16-6/h6,8-11H,1-5H3/t6-,8+,9+,10-,11-/m0/s1. The van der Waals surface area contributed by atoms with E-state index in [0.29, 0.717) is 0 Å². The molecule has 5 atom stereocenters. The molecule has 17 heavy (non-hydrogen) atoms. The number of ether oxygens (including phenoxy) is 5. The van der Waals surface area contributed by atoms with Gasteiger partial charge in [0.25, 0.3) is 0 Å². The van der Waals surface area contributed by atoms with E-state index in [1.807, 2.05) is 6.92 Å². The van der Waals surface area contributed by atoms with Gasteiger partial charge in [0.05, 0.1) is 6.10 Å². The van der Waals surface area contributed by atoms with E-state index in [-0.39, 0.29) is 18.2 Å². The number of methoxy groups -OCH3 is 3. The van der Waals surface area contributed by atoms with Crippen molar-refractivity contribution in [2.75, 3.05) is 21.3 Å². The molecule has 0 aromatic heterocycles. The molecule has 1 aliphatic heterocycles. The van der Waals surface area contributed by atoms with Gasteiger partial charge in [-0.1, -0.05) is 0 Å². The molecule has 0 spiro atoms. The fourth-order valence-electron chi connectivity index (χ4n) is 2.06. The van der Waals surface area contributed by atoms with Crippen LogP contribution in [0.1, 0.15) is 13.8 Å². The molecular formula is C11H20O6. The molecule has 0 aromatic carbocycles. The summed E-state index contributed by atoms with van der Waals surface area (Å²) < 4.78 is 26.6. The van der Waals surface area contributed by atoms with E-state index in [0.717, 1.165) is 0 Å². The average molecular weight is 248 g/mol. The van der Waals surface area contributed by atoms with Crippen LogP contribution in [0.25, 0.3) is 0 Å². The summed E-state index contributed by atoms with van der Waals surface area (Å²) in [4.78, 5) is 11.1. The van der Waals surface area contributed by atoms with Crippen LogP contribution in [-0.4, -0.2) is 58.0 Å². The third kappa shape index (κ3) is 3.16. The summed E-state index contributed by atoms with van der Waals surface area (Å²) in [7, 11) is 4.57. The molecule has 0 saturated carbocycles. The molecule has 6 heteroatoms. The number of carbonyl (C=O) groups is 1. The van der Waals surface area contributed by atoms with Crippen molar-refractivity contribution in [3.05, 3.63) is 0 Å². The van der Waals surface area contributed by atoms with Crippen LogP contribution in [0.3, 0.4) is 0 Å². The van der Waals surface area contributed by atoms with Crippen LogP contribution in [0.5, 0.6) is 0 Å². The second-order valence-electron chi connectivity index (χ2n) is 3.92. The first-order valence-electron chi connectivity index (χ1n) is 5.46. The molecule has 0 N–H and O–H groups in total. The van der Waals surface area contributed by atoms with Gasteiger partial charge in [-0.15, -0.1) is 0 Å². The average Bonchev–Trinajstić information content (AvgIpc) is 2.28. The van der Waals surface area contributed by atoms with Crippen molar-refractivity contribution >= 4 is 5.97 Å². The van der Waals surface area contributed by atoms with Crippen molar-refractivity contribution in [3.63, 3.8) is 0 Å². The zero-order chi connectivity index (χ0) is 13.0. The second-order valence-corrected chi connectivity index (χ2v) is 3.92. The van der Waals surface area contributed by atoms with Crippen molar-refractivity contribution in [2.45, 2.75) is 44.6 Å². The molecule has 0 amide bonds. The number of hydrogen-bond donors (Lipinski definition) is 0. The van der Waals surface area contributed by atoms with Crippen LogP contribution in [0.2, 0.25) is 0 Å². The Morgan fingerprint density at radius 2 is 1.59 bits per heavy atom. The van der Waals surface area contributed by atoms with E-state index in [1.165, 1.54) is 21.1 Å². The predicted octanol–water partition coefficient (Wildman–Crippen LogP) is 0.339. The summed E-state index contributed by atoms with van der Waals surface area (Å²) in [5.74, 6) is -0.386. The Hall–Kier alpha value is -0.690. The Bertz CT molecular complexity index is 256. The van der Waals surface area contributed by atoms with Gasteiger partial charge in [-0.05, 0) is 6.92 Å². The lowest BCUT2D eigenvalue weighted by Crippen LogP contribution is -2.59. The van der Waals surface area contributed by atoms with E-state index in [4.69, 9.17) is 23.7 Å².